The Morgan fingerprint density at radius 1 is 0.786 bits per heavy atom. The van der Waals surface area contributed by atoms with Gasteiger partial charge < -0.3 is 66.2 Å². The molecule has 3 aliphatic heterocycles. The van der Waals surface area contributed by atoms with E-state index >= 15 is 14.0 Å². The van der Waals surface area contributed by atoms with Crippen LogP contribution in [0.1, 0.15) is 117 Å². The molecule has 0 saturated carbocycles. The molecular formula is C58H82FN11O14. The van der Waals surface area contributed by atoms with E-state index in [1.807, 2.05) is 4.57 Å². The number of hydrogen-bond donors (Lipinski definition) is 9. The number of nitrogens with one attached hydrogen (secondary N) is 9. The third-order valence-electron chi connectivity index (χ3n) is 14.1. The summed E-state index contributed by atoms with van der Waals surface area (Å²) in [6.45, 7) is 12.5. The molecule has 3 aliphatic rings. The number of hydroxylamine groups is 1. The monoisotopic (exact) mass is 1180 g/mol. The summed E-state index contributed by atoms with van der Waals surface area (Å²) in [5, 5.41) is 21.9. The molecule has 6 rings (SSSR count). The Labute approximate surface area is 488 Å². The maximum Gasteiger partial charge on any atom is 0.407 e. The highest BCUT2D eigenvalue weighted by molar-refractivity contribution is 5.98. The molecule has 460 valence electrons. The summed E-state index contributed by atoms with van der Waals surface area (Å²) < 4.78 is 35.0. The van der Waals surface area contributed by atoms with Crippen molar-refractivity contribution in [1.82, 2.24) is 57.5 Å². The number of ether oxygens (including phenoxy) is 3. The molecule has 8 atom stereocenters. The maximum atomic E-state index is 15.7. The summed E-state index contributed by atoms with van der Waals surface area (Å²) in [6, 6.07) is 1.96. The lowest BCUT2D eigenvalue weighted by molar-refractivity contribution is -0.150. The average Bonchev–Trinajstić information content (AvgIpc) is 2.31. The van der Waals surface area contributed by atoms with Crippen LogP contribution in [0.4, 0.5) is 9.18 Å². The van der Waals surface area contributed by atoms with Gasteiger partial charge in [0.05, 0.1) is 31.5 Å². The SMILES string of the molecule is CONC(=O)[C@@H](NC(=O)[C@@H]1[C@@H]2CCN1C(=O)[C@@H]1Cc3cn(c4ccc(F)cc34)CCCCCCNC(=O)CCC(=O)N[C@@H](C)C(=O)N[C@H](CNC(=O)OC(C)(C)C)C(=O)N[C@@H](Cc3cccc(c3)CNC(=O)CO2)C(=O)N1)[C@@H](C)OC(C)(C)C. The number of amides is 10. The lowest BCUT2D eigenvalue weighted by Gasteiger charge is -2.34. The van der Waals surface area contributed by atoms with Gasteiger partial charge >= 0.3 is 6.09 Å². The van der Waals surface area contributed by atoms with Gasteiger partial charge in [0.15, 0.2) is 0 Å². The van der Waals surface area contributed by atoms with E-state index in [1.54, 1.807) is 85.0 Å². The molecular weight excluding hydrogens is 1090 g/mol. The molecule has 4 heterocycles. The zero-order valence-electron chi connectivity index (χ0n) is 49.3. The highest BCUT2D eigenvalue weighted by Gasteiger charge is 2.47. The zero-order chi connectivity index (χ0) is 61.5. The van der Waals surface area contributed by atoms with Crippen LogP contribution in [0.15, 0.2) is 48.7 Å². The number of benzene rings is 2. The molecule has 1 saturated heterocycles. The van der Waals surface area contributed by atoms with Crippen molar-refractivity contribution in [2.24, 2.45) is 0 Å². The highest BCUT2D eigenvalue weighted by Crippen LogP contribution is 2.28. The minimum absolute atomic E-state index is 0.00507. The Hall–Kier alpha value is -7.71. The number of nitrogens with zero attached hydrogens (tertiary/aromatic N) is 2. The summed E-state index contributed by atoms with van der Waals surface area (Å²) in [5.41, 5.74) is 2.56. The van der Waals surface area contributed by atoms with Gasteiger partial charge in [0.25, 0.3) is 5.91 Å². The van der Waals surface area contributed by atoms with E-state index < -0.39 is 132 Å². The molecule has 3 aromatic rings. The predicted octanol–water partition coefficient (Wildman–Crippen LogP) is 1.50. The van der Waals surface area contributed by atoms with Gasteiger partial charge in [0, 0.05) is 69.0 Å². The fraction of sp³-hybridized carbons (Fsp3) is 0.586. The molecule has 0 aliphatic carbocycles. The molecule has 84 heavy (non-hydrogen) atoms. The number of halogens is 1. The summed E-state index contributed by atoms with van der Waals surface area (Å²) in [7, 11) is 1.21. The third-order valence-corrected chi connectivity index (χ3v) is 14.1. The number of hydrogen-bond acceptors (Lipinski definition) is 14. The Bertz CT molecular complexity index is 2890. The van der Waals surface area contributed by atoms with Crippen LogP contribution in [0.5, 0.6) is 0 Å². The van der Waals surface area contributed by atoms with Gasteiger partial charge in [-0.2, -0.15) is 0 Å². The van der Waals surface area contributed by atoms with Crippen molar-refractivity contribution in [3.05, 3.63) is 71.2 Å². The second kappa shape index (κ2) is 29.7. The maximum absolute atomic E-state index is 15.7. The molecule has 10 amide bonds. The topological polar surface area (TPSA) is 324 Å². The van der Waals surface area contributed by atoms with Crippen molar-refractivity contribution in [3.63, 3.8) is 0 Å². The molecule has 9 N–H and O–H groups in total. The van der Waals surface area contributed by atoms with Crippen LogP contribution < -0.4 is 48.0 Å². The zero-order valence-corrected chi connectivity index (χ0v) is 49.3. The van der Waals surface area contributed by atoms with Crippen molar-refractivity contribution in [3.8, 4) is 0 Å². The molecule has 0 spiro atoms. The second-order valence-electron chi connectivity index (χ2n) is 23.3. The first-order chi connectivity index (χ1) is 39.7. The minimum atomic E-state index is -1.64. The number of aromatic nitrogens is 1. The van der Waals surface area contributed by atoms with Crippen LogP contribution in [0.2, 0.25) is 0 Å². The van der Waals surface area contributed by atoms with Gasteiger partial charge in [0.1, 0.15) is 54.3 Å². The first-order valence-electron chi connectivity index (χ1n) is 28.5. The van der Waals surface area contributed by atoms with Gasteiger partial charge in [0.2, 0.25) is 47.3 Å². The molecule has 25 nitrogen and oxygen atoms in total. The number of carbonyl (C=O) groups is 10. The molecule has 0 radical (unpaired) electrons. The normalized spacial score (nSPS) is 23.3. The van der Waals surface area contributed by atoms with Gasteiger partial charge in [-0.1, -0.05) is 37.1 Å². The van der Waals surface area contributed by atoms with Gasteiger partial charge in [-0.05, 0) is 110 Å². The Morgan fingerprint density at radius 3 is 2.23 bits per heavy atom. The standard InChI is InChI=1S/C58H82FN11O14/c1-33-50(74)66-42(30-62-56(80)84-58(6,7)8)52(76)64-40-26-35-15-14-16-36(25-35)29-61-47(73)32-82-44-21-24-70(49(44)54(78)67-48(53(77)68-81-9)34(2)83-57(3,4)5)55(79)41(65-51(40)75)27-37-31-69(43-18-17-38(59)28-39(37)43)23-13-11-10-12-22-60-45(71)19-20-46(72)63-33/h14-18,25,28,31,33-34,40-42,44,48-49H,10-13,19-24,26-27,29-30,32H2,1-9H3,(H,60,71)(H,61,73)(H,62,80)(H,63,72)(H,64,76)(H,65,75)(H,66,74)(H,67,78)(H,68,77)/t33-,34+,40-,41-,42+,44-,48-,49-/m0/s1. The second-order valence-corrected chi connectivity index (χ2v) is 23.3. The number of carbonyl (C=O) groups excluding carboxylic acids is 10. The molecule has 2 aromatic carbocycles. The van der Waals surface area contributed by atoms with E-state index in [4.69, 9.17) is 19.0 Å². The number of alkyl carbamates (subject to hydrolysis) is 1. The average molecular weight is 1180 g/mol. The van der Waals surface area contributed by atoms with Crippen LogP contribution in [0.3, 0.4) is 0 Å². The summed E-state index contributed by atoms with van der Waals surface area (Å²) in [6.07, 6.45) is 0.465. The van der Waals surface area contributed by atoms with E-state index in [9.17, 15) is 38.4 Å². The third kappa shape index (κ3) is 19.4. The lowest BCUT2D eigenvalue weighted by Crippen LogP contribution is -2.62. The Kier molecular flexibility index (Phi) is 23.1. The first kappa shape index (κ1) is 65.4. The summed E-state index contributed by atoms with van der Waals surface area (Å²) in [4.78, 5) is 147. The summed E-state index contributed by atoms with van der Waals surface area (Å²) in [5.74, 6) is -7.44. The molecule has 8 bridgehead atoms. The first-order valence-corrected chi connectivity index (χ1v) is 28.5. The van der Waals surface area contributed by atoms with Crippen LogP contribution in [-0.2, 0) is 88.1 Å². The van der Waals surface area contributed by atoms with Crippen molar-refractivity contribution in [2.75, 3.05) is 33.4 Å². The van der Waals surface area contributed by atoms with E-state index in [1.165, 1.54) is 31.1 Å². The van der Waals surface area contributed by atoms with E-state index in [0.29, 0.717) is 53.5 Å². The molecule has 1 fully saturated rings. The van der Waals surface area contributed by atoms with E-state index in [0.717, 1.165) is 12.8 Å². The van der Waals surface area contributed by atoms with Crippen LogP contribution in [-0.4, -0.2) is 162 Å². The summed E-state index contributed by atoms with van der Waals surface area (Å²) >= 11 is 0. The number of fused-ring (bicyclic) bond motifs is 12. The van der Waals surface area contributed by atoms with Gasteiger partial charge in [-0.3, -0.25) is 48.0 Å². The Balaban J connectivity index is 1.48. The van der Waals surface area contributed by atoms with Crippen molar-refractivity contribution in [2.45, 2.75) is 186 Å². The van der Waals surface area contributed by atoms with Gasteiger partial charge in [-0.15, -0.1) is 0 Å². The fourth-order valence-electron chi connectivity index (χ4n) is 10.2. The Morgan fingerprint density at radius 2 is 1.50 bits per heavy atom. The molecule has 1 aromatic heterocycles. The van der Waals surface area contributed by atoms with Crippen molar-refractivity contribution in [1.29, 1.82) is 0 Å². The van der Waals surface area contributed by atoms with Crippen molar-refractivity contribution >= 4 is 70.2 Å². The van der Waals surface area contributed by atoms with Crippen molar-refractivity contribution < 1.29 is 71.4 Å². The van der Waals surface area contributed by atoms with Crippen LogP contribution in [0.25, 0.3) is 10.9 Å². The fourth-order valence-corrected chi connectivity index (χ4v) is 10.2. The lowest BCUT2D eigenvalue weighted by atomic mass is 10.00. The largest absolute Gasteiger partial charge is 0.444 e. The van der Waals surface area contributed by atoms with E-state index in [2.05, 4.69) is 48.0 Å². The van der Waals surface area contributed by atoms with Crippen LogP contribution >= 0.6 is 0 Å². The van der Waals surface area contributed by atoms with E-state index in [-0.39, 0.29) is 51.1 Å². The molecule has 0 unspecified atom stereocenters. The highest BCUT2D eigenvalue weighted by atomic mass is 19.1. The van der Waals surface area contributed by atoms with Crippen LogP contribution in [0, 0.1) is 5.82 Å². The quantitative estimate of drug-likeness (QED) is 0.145. The smallest absolute Gasteiger partial charge is 0.407 e. The number of aryl methyl sites for hydroxylation is 1. The predicted molar refractivity (Wildman–Crippen MR) is 303 cm³/mol. The number of rotatable bonds is 8. The molecule has 26 heteroatoms. The minimum Gasteiger partial charge on any atom is -0.444 e. The van der Waals surface area contributed by atoms with Gasteiger partial charge in [-0.25, -0.2) is 14.7 Å².